The maximum atomic E-state index is 11.9. The van der Waals surface area contributed by atoms with E-state index in [1.54, 1.807) is 13.0 Å². The molecule has 0 aliphatic heterocycles. The molecule has 4 nitrogen and oxygen atoms in total. The van der Waals surface area contributed by atoms with E-state index in [4.69, 9.17) is 9.16 Å². The Hall–Kier alpha value is -0.943. The molecule has 0 unspecified atom stereocenters. The fourth-order valence-corrected chi connectivity index (χ4v) is 6.91. The first kappa shape index (κ1) is 24.3. The molecule has 2 aliphatic rings. The Balaban J connectivity index is 2.18. The summed E-state index contributed by atoms with van der Waals surface area (Å²) in [4.78, 5) is 23.7. The van der Waals surface area contributed by atoms with Crippen LogP contribution in [-0.4, -0.2) is 32.8 Å². The third-order valence-corrected chi connectivity index (χ3v) is 12.7. The number of hydrogen-bond acceptors (Lipinski definition) is 4. The van der Waals surface area contributed by atoms with Crippen molar-refractivity contribution in [3.8, 4) is 0 Å². The molecule has 166 valence electrons. The smallest absolute Gasteiger partial charge is 0.331 e. The van der Waals surface area contributed by atoms with Gasteiger partial charge in [-0.2, -0.15) is 0 Å². The summed E-state index contributed by atoms with van der Waals surface area (Å²) in [6, 6.07) is 0. The molecular formula is C24H42O4Si. The normalized spacial score (nSPS) is 32.6. The van der Waals surface area contributed by atoms with Crippen molar-refractivity contribution in [1.29, 1.82) is 0 Å². The summed E-state index contributed by atoms with van der Waals surface area (Å²) in [5, 5.41) is 0.204. The highest BCUT2D eigenvalue weighted by molar-refractivity contribution is 6.74. The quantitative estimate of drug-likeness (QED) is 0.221. The number of rotatable bonds is 7. The fraction of sp³-hybridized carbons (Fsp3) is 0.833. The number of hydrogen-bond donors (Lipinski definition) is 0. The van der Waals surface area contributed by atoms with Crippen LogP contribution in [-0.2, 0) is 18.8 Å². The Bertz CT molecular complexity index is 621. The number of esters is 1. The first-order valence-corrected chi connectivity index (χ1v) is 14.2. The van der Waals surface area contributed by atoms with Gasteiger partial charge < -0.3 is 9.16 Å². The van der Waals surface area contributed by atoms with Crippen molar-refractivity contribution in [3.63, 3.8) is 0 Å². The van der Waals surface area contributed by atoms with Crippen molar-refractivity contribution in [2.24, 2.45) is 23.2 Å². The number of ether oxygens (including phenoxy) is 1. The van der Waals surface area contributed by atoms with Gasteiger partial charge in [0.15, 0.2) is 20.7 Å². The number of fused-ring (bicyclic) bond motifs is 1. The van der Waals surface area contributed by atoms with Gasteiger partial charge in [0.2, 0.25) is 0 Å². The molecule has 0 heterocycles. The van der Waals surface area contributed by atoms with E-state index in [1.807, 2.05) is 0 Å². The van der Waals surface area contributed by atoms with Crippen LogP contribution in [0.25, 0.3) is 0 Å². The second-order valence-corrected chi connectivity index (χ2v) is 15.8. The number of carbonyl (C=O) groups is 2. The maximum absolute atomic E-state index is 11.9. The summed E-state index contributed by atoms with van der Waals surface area (Å²) in [5.74, 6) is 0.477. The predicted molar refractivity (Wildman–Crippen MR) is 120 cm³/mol. The van der Waals surface area contributed by atoms with E-state index in [0.717, 1.165) is 25.5 Å². The minimum atomic E-state index is -1.83. The molecule has 0 N–H and O–H groups in total. The summed E-state index contributed by atoms with van der Waals surface area (Å²) < 4.78 is 12.4. The van der Waals surface area contributed by atoms with Gasteiger partial charge in [0.05, 0.1) is 0 Å². The second-order valence-electron chi connectivity index (χ2n) is 11.0. The van der Waals surface area contributed by atoms with Crippen LogP contribution in [0, 0.1) is 23.2 Å². The lowest BCUT2D eigenvalue weighted by Gasteiger charge is -2.50. The molecule has 5 heteroatoms. The first-order valence-electron chi connectivity index (χ1n) is 11.3. The Morgan fingerprint density at radius 2 is 1.86 bits per heavy atom. The van der Waals surface area contributed by atoms with Crippen LogP contribution in [0.3, 0.4) is 0 Å². The molecule has 6 atom stereocenters. The van der Waals surface area contributed by atoms with Crippen LogP contribution in [0.4, 0.5) is 0 Å². The molecule has 0 aromatic heterocycles. The Morgan fingerprint density at radius 1 is 1.21 bits per heavy atom. The van der Waals surface area contributed by atoms with Gasteiger partial charge in [-0.1, -0.05) is 47.1 Å². The van der Waals surface area contributed by atoms with E-state index in [-0.39, 0.29) is 16.4 Å². The molecule has 0 spiro atoms. The molecule has 29 heavy (non-hydrogen) atoms. The Labute approximate surface area is 178 Å². The molecule has 2 rings (SSSR count). The van der Waals surface area contributed by atoms with Gasteiger partial charge in [0.25, 0.3) is 0 Å². The zero-order valence-corrected chi connectivity index (χ0v) is 20.8. The Kier molecular flexibility index (Phi) is 7.59. The summed E-state index contributed by atoms with van der Waals surface area (Å²) in [6.45, 7) is 17.8. The third kappa shape index (κ3) is 5.04. The van der Waals surface area contributed by atoms with Crippen LogP contribution in [0.1, 0.15) is 73.6 Å². The highest BCUT2D eigenvalue weighted by Crippen LogP contribution is 2.59. The van der Waals surface area contributed by atoms with E-state index in [1.165, 1.54) is 18.9 Å². The van der Waals surface area contributed by atoms with Gasteiger partial charge in [-0.05, 0) is 68.0 Å². The monoisotopic (exact) mass is 422 g/mol. The number of carbonyl (C=O) groups excluding carboxylic acids is 2. The molecule has 0 amide bonds. The minimum absolute atomic E-state index is 0.0170. The van der Waals surface area contributed by atoms with Crippen LogP contribution < -0.4 is 0 Å². The van der Waals surface area contributed by atoms with Crippen molar-refractivity contribution in [2.75, 3.05) is 0 Å². The van der Waals surface area contributed by atoms with Crippen LogP contribution >= 0.6 is 0 Å². The zero-order chi connectivity index (χ0) is 22.0. The average Bonchev–Trinajstić information content (AvgIpc) is 2.96. The first-order chi connectivity index (χ1) is 13.4. The SMILES string of the molecule is C/C=C/C(=O)O[C@@H](C=O)[C@@H](C)[C@H]1CC[C@H]2[C@@H](O[Si](C)(C)C(C)(C)C)CCC[C@]12C. The average molecular weight is 423 g/mol. The van der Waals surface area contributed by atoms with Crippen molar-refractivity contribution < 1.29 is 18.8 Å². The lowest BCUT2D eigenvalue weighted by molar-refractivity contribution is -0.152. The van der Waals surface area contributed by atoms with Gasteiger partial charge >= 0.3 is 5.97 Å². The minimum Gasteiger partial charge on any atom is -0.451 e. The van der Waals surface area contributed by atoms with Crippen molar-refractivity contribution in [1.82, 2.24) is 0 Å². The topological polar surface area (TPSA) is 52.6 Å². The predicted octanol–water partition coefficient (Wildman–Crippen LogP) is 5.92. The Morgan fingerprint density at radius 3 is 2.41 bits per heavy atom. The molecule has 0 saturated heterocycles. The summed E-state index contributed by atoms with van der Waals surface area (Å²) >= 11 is 0. The van der Waals surface area contributed by atoms with E-state index in [0.29, 0.717) is 17.9 Å². The molecular weight excluding hydrogens is 380 g/mol. The lowest BCUT2D eigenvalue weighted by atomic mass is 9.61. The molecule has 2 saturated carbocycles. The van der Waals surface area contributed by atoms with Crippen molar-refractivity contribution >= 4 is 20.6 Å². The zero-order valence-electron chi connectivity index (χ0n) is 19.8. The third-order valence-electron chi connectivity index (χ3n) is 8.23. The van der Waals surface area contributed by atoms with Gasteiger partial charge in [-0.15, -0.1) is 0 Å². The highest BCUT2D eigenvalue weighted by Gasteiger charge is 2.55. The summed E-state index contributed by atoms with van der Waals surface area (Å²) in [5.41, 5.74) is 0.138. The molecule has 0 bridgehead atoms. The van der Waals surface area contributed by atoms with E-state index in [2.05, 4.69) is 47.7 Å². The van der Waals surface area contributed by atoms with Gasteiger partial charge in [-0.25, -0.2) is 4.79 Å². The van der Waals surface area contributed by atoms with Crippen molar-refractivity contribution in [3.05, 3.63) is 12.2 Å². The molecule has 0 aromatic carbocycles. The van der Waals surface area contributed by atoms with Crippen molar-refractivity contribution in [2.45, 2.75) is 104 Å². The molecule has 2 aliphatic carbocycles. The van der Waals surface area contributed by atoms with Crippen LogP contribution in [0.15, 0.2) is 12.2 Å². The van der Waals surface area contributed by atoms with Crippen LogP contribution in [0.2, 0.25) is 18.1 Å². The highest BCUT2D eigenvalue weighted by atomic mass is 28.4. The summed E-state index contributed by atoms with van der Waals surface area (Å²) in [6.07, 6.45) is 9.16. The largest absolute Gasteiger partial charge is 0.451 e. The second kappa shape index (κ2) is 9.05. The lowest BCUT2D eigenvalue weighted by Crippen LogP contribution is -2.50. The number of aldehydes is 1. The molecule has 0 radical (unpaired) electrons. The fourth-order valence-electron chi connectivity index (χ4n) is 5.52. The number of allylic oxidation sites excluding steroid dienone is 1. The molecule has 2 fully saturated rings. The van der Waals surface area contributed by atoms with E-state index in [9.17, 15) is 9.59 Å². The van der Waals surface area contributed by atoms with Gasteiger partial charge in [-0.3, -0.25) is 4.79 Å². The standard InChI is InChI=1S/C24H42O4Si/c1-9-11-22(26)27-21(16-25)17(2)18-13-14-19-20(12-10-15-24(18,19)6)28-29(7,8)23(3,4)5/h9,11,16-21H,10,12-15H2,1-8H3/b11-9+/t17-,18+,19-,20-,21-,24+/m0/s1. The van der Waals surface area contributed by atoms with E-state index < -0.39 is 20.4 Å². The van der Waals surface area contributed by atoms with Crippen LogP contribution in [0.5, 0.6) is 0 Å². The van der Waals surface area contributed by atoms with Gasteiger partial charge in [0.1, 0.15) is 0 Å². The summed E-state index contributed by atoms with van der Waals surface area (Å²) in [7, 11) is -1.83. The van der Waals surface area contributed by atoms with E-state index >= 15 is 0 Å². The maximum Gasteiger partial charge on any atom is 0.331 e. The molecule has 0 aromatic rings. The van der Waals surface area contributed by atoms with Gasteiger partial charge in [0, 0.05) is 18.1 Å².